The first-order valence-corrected chi connectivity index (χ1v) is 12.6. The highest BCUT2D eigenvalue weighted by atomic mass is 16.6. The molecule has 3 N–H and O–H groups in total. The summed E-state index contributed by atoms with van der Waals surface area (Å²) < 4.78 is 5.25. The zero-order valence-electron chi connectivity index (χ0n) is 23.6. The Balaban J connectivity index is 3.48. The predicted molar refractivity (Wildman–Crippen MR) is 141 cm³/mol. The zero-order valence-corrected chi connectivity index (χ0v) is 23.6. The van der Waals surface area contributed by atoms with Crippen LogP contribution < -0.4 is 5.32 Å². The summed E-state index contributed by atoms with van der Waals surface area (Å²) in [4.78, 5) is 55.0. The third kappa shape index (κ3) is 8.26. The summed E-state index contributed by atoms with van der Waals surface area (Å²) in [6.07, 6.45) is -0.394. The Morgan fingerprint density at radius 2 is 1.57 bits per heavy atom. The predicted octanol–water partition coefficient (Wildman–Crippen LogP) is 2.06. The molecule has 1 aromatic carbocycles. The number of ether oxygens (including phenoxy) is 1. The van der Waals surface area contributed by atoms with Crippen LogP contribution in [0, 0.1) is 5.92 Å². The number of hydrogen-bond acceptors (Lipinski definition) is 9. The van der Waals surface area contributed by atoms with E-state index in [0.29, 0.717) is 13.0 Å². The number of nitrogens with zero attached hydrogens (tertiary/aromatic N) is 1. The van der Waals surface area contributed by atoms with E-state index in [4.69, 9.17) is 4.74 Å². The van der Waals surface area contributed by atoms with Gasteiger partial charge in [0.05, 0.1) is 18.5 Å². The standard InChI is InChI=1S/C28H44N2O7/c1-10-18(2)22(30(9)17-20-14-12-11-13-15-20)23(32)27(7,35)24(33)28(36,16-21(31)19(3)29-8)25(34)37-26(4,5)6/h11-15,18-19,22,29,35-36H,10,16-17H2,1-9H3/t18?,19-,22-,27?,28?/m0/s1. The summed E-state index contributed by atoms with van der Waals surface area (Å²) in [5.41, 5.74) is -6.02. The molecule has 9 heteroatoms. The van der Waals surface area contributed by atoms with Gasteiger partial charge in [-0.3, -0.25) is 19.3 Å². The average molecular weight is 521 g/mol. The molecule has 0 spiro atoms. The zero-order chi connectivity index (χ0) is 28.8. The molecule has 0 heterocycles. The molecule has 0 aliphatic carbocycles. The van der Waals surface area contributed by atoms with Gasteiger partial charge in [0.2, 0.25) is 11.4 Å². The highest BCUT2D eigenvalue weighted by Crippen LogP contribution is 2.29. The number of likely N-dealkylation sites (N-methyl/N-ethyl adjacent to an activating group) is 2. The van der Waals surface area contributed by atoms with Gasteiger partial charge >= 0.3 is 5.97 Å². The van der Waals surface area contributed by atoms with Gasteiger partial charge in [-0.05, 0) is 60.2 Å². The second-order valence-electron chi connectivity index (χ2n) is 11.0. The van der Waals surface area contributed by atoms with Gasteiger partial charge in [-0.1, -0.05) is 50.6 Å². The smallest absolute Gasteiger partial charge is 0.347 e. The molecule has 0 radical (unpaired) electrons. The van der Waals surface area contributed by atoms with E-state index in [1.807, 2.05) is 44.2 Å². The Morgan fingerprint density at radius 1 is 1.03 bits per heavy atom. The fraction of sp³-hybridized carbons (Fsp3) is 0.643. The maximum atomic E-state index is 13.8. The summed E-state index contributed by atoms with van der Waals surface area (Å²) in [5, 5.41) is 25.4. The summed E-state index contributed by atoms with van der Waals surface area (Å²) in [5.74, 6) is -4.70. The van der Waals surface area contributed by atoms with E-state index in [1.54, 1.807) is 11.9 Å². The topological polar surface area (TPSA) is 133 Å². The second kappa shape index (κ2) is 12.9. The van der Waals surface area contributed by atoms with E-state index >= 15 is 0 Å². The lowest BCUT2D eigenvalue weighted by Gasteiger charge is -2.38. The minimum Gasteiger partial charge on any atom is -0.457 e. The molecule has 208 valence electrons. The van der Waals surface area contributed by atoms with Crippen molar-refractivity contribution in [3.63, 3.8) is 0 Å². The van der Waals surface area contributed by atoms with Gasteiger partial charge < -0.3 is 20.3 Å². The largest absolute Gasteiger partial charge is 0.457 e. The first-order valence-electron chi connectivity index (χ1n) is 12.6. The van der Waals surface area contributed by atoms with E-state index in [9.17, 15) is 29.4 Å². The van der Waals surface area contributed by atoms with Gasteiger partial charge in [0.15, 0.2) is 17.2 Å². The van der Waals surface area contributed by atoms with Crippen molar-refractivity contribution in [2.24, 2.45) is 5.92 Å². The molecule has 0 aliphatic heterocycles. The molecule has 37 heavy (non-hydrogen) atoms. The van der Waals surface area contributed by atoms with Crippen molar-refractivity contribution in [2.75, 3.05) is 14.1 Å². The number of esters is 1. The van der Waals surface area contributed by atoms with E-state index in [1.165, 1.54) is 34.7 Å². The fourth-order valence-corrected chi connectivity index (χ4v) is 4.06. The minimum absolute atomic E-state index is 0.277. The van der Waals surface area contributed by atoms with Crippen LogP contribution in [0.3, 0.4) is 0 Å². The van der Waals surface area contributed by atoms with Crippen molar-refractivity contribution in [2.45, 2.75) is 96.7 Å². The van der Waals surface area contributed by atoms with Gasteiger partial charge in [0.1, 0.15) is 5.60 Å². The first-order chi connectivity index (χ1) is 16.9. The van der Waals surface area contributed by atoms with Crippen LogP contribution in [-0.4, -0.2) is 81.4 Å². The van der Waals surface area contributed by atoms with E-state index in [0.717, 1.165) is 12.5 Å². The number of aliphatic hydroxyl groups is 2. The van der Waals surface area contributed by atoms with E-state index in [2.05, 4.69) is 5.32 Å². The number of carbonyl (C=O) groups excluding carboxylic acids is 4. The Hall–Kier alpha value is -2.46. The quantitative estimate of drug-likeness (QED) is 0.249. The van der Waals surface area contributed by atoms with Gasteiger partial charge in [0, 0.05) is 6.54 Å². The van der Waals surface area contributed by atoms with Crippen LogP contribution in [0.25, 0.3) is 0 Å². The van der Waals surface area contributed by atoms with Crippen molar-refractivity contribution in [1.29, 1.82) is 0 Å². The highest BCUT2D eigenvalue weighted by Gasteiger charge is 2.58. The molecule has 3 unspecified atom stereocenters. The normalized spacial score (nSPS) is 17.7. The average Bonchev–Trinajstić information content (AvgIpc) is 2.82. The molecule has 1 rings (SSSR count). The Bertz CT molecular complexity index is 955. The summed E-state index contributed by atoms with van der Waals surface area (Å²) in [6, 6.07) is 7.69. The molecule has 0 saturated heterocycles. The Kier molecular flexibility index (Phi) is 11.3. The third-order valence-corrected chi connectivity index (χ3v) is 6.58. The lowest BCUT2D eigenvalue weighted by Crippen LogP contribution is -2.64. The van der Waals surface area contributed by atoms with Crippen molar-refractivity contribution in [1.82, 2.24) is 10.2 Å². The van der Waals surface area contributed by atoms with Crippen LogP contribution in [0.4, 0.5) is 0 Å². The maximum Gasteiger partial charge on any atom is 0.347 e. The van der Waals surface area contributed by atoms with Crippen molar-refractivity contribution < 1.29 is 34.1 Å². The van der Waals surface area contributed by atoms with Crippen LogP contribution >= 0.6 is 0 Å². The Morgan fingerprint density at radius 3 is 2.03 bits per heavy atom. The van der Waals surface area contributed by atoms with Gasteiger partial charge in [-0.2, -0.15) is 0 Å². The number of rotatable bonds is 14. The number of benzene rings is 1. The van der Waals surface area contributed by atoms with Crippen LogP contribution in [0.5, 0.6) is 0 Å². The van der Waals surface area contributed by atoms with E-state index in [-0.39, 0.29) is 5.92 Å². The van der Waals surface area contributed by atoms with Crippen molar-refractivity contribution >= 4 is 23.3 Å². The lowest BCUT2D eigenvalue weighted by molar-refractivity contribution is -0.188. The highest BCUT2D eigenvalue weighted by molar-refractivity contribution is 6.22. The summed E-state index contributed by atoms with van der Waals surface area (Å²) >= 11 is 0. The number of nitrogens with one attached hydrogen (secondary N) is 1. The molecule has 9 nitrogen and oxygen atoms in total. The maximum absolute atomic E-state index is 13.8. The first kappa shape index (κ1) is 32.6. The molecular formula is C28H44N2O7. The summed E-state index contributed by atoms with van der Waals surface area (Å²) in [7, 11) is 3.22. The van der Waals surface area contributed by atoms with Gasteiger partial charge in [0.25, 0.3) is 0 Å². The molecule has 0 fully saturated rings. The number of Topliss-reactive ketones (excluding diaryl/α,β-unsaturated/α-hetero) is 3. The van der Waals surface area contributed by atoms with Crippen molar-refractivity contribution in [3.8, 4) is 0 Å². The van der Waals surface area contributed by atoms with Gasteiger partial charge in [-0.25, -0.2) is 4.79 Å². The monoisotopic (exact) mass is 520 g/mol. The molecule has 1 aromatic rings. The van der Waals surface area contributed by atoms with Gasteiger partial charge in [-0.15, -0.1) is 0 Å². The van der Waals surface area contributed by atoms with Crippen LogP contribution in [0.15, 0.2) is 30.3 Å². The lowest BCUT2D eigenvalue weighted by atomic mass is 9.76. The number of ketones is 3. The Labute approximate surface area is 220 Å². The molecule has 0 aromatic heterocycles. The molecule has 0 bridgehead atoms. The molecular weight excluding hydrogens is 476 g/mol. The molecule has 5 atom stereocenters. The third-order valence-electron chi connectivity index (χ3n) is 6.58. The summed E-state index contributed by atoms with van der Waals surface area (Å²) in [6.45, 7) is 11.1. The molecule has 0 saturated carbocycles. The van der Waals surface area contributed by atoms with Crippen molar-refractivity contribution in [3.05, 3.63) is 35.9 Å². The SMILES string of the molecule is CCC(C)[C@@H](C(=O)C(C)(O)C(=O)C(O)(CC(=O)[C@H](C)NC)C(=O)OC(C)(C)C)N(C)Cc1ccccc1. The number of carbonyl (C=O) groups is 4. The minimum atomic E-state index is -3.06. The molecule has 0 amide bonds. The van der Waals surface area contributed by atoms with Crippen LogP contribution in [0.1, 0.15) is 66.9 Å². The van der Waals surface area contributed by atoms with Crippen LogP contribution in [-0.2, 0) is 30.5 Å². The number of hydrogen-bond donors (Lipinski definition) is 3. The second-order valence-corrected chi connectivity index (χ2v) is 11.0. The van der Waals surface area contributed by atoms with Crippen LogP contribution in [0.2, 0.25) is 0 Å². The molecule has 0 aliphatic rings. The fourth-order valence-electron chi connectivity index (χ4n) is 4.06. The van der Waals surface area contributed by atoms with E-state index < -0.39 is 58.6 Å².